The lowest BCUT2D eigenvalue weighted by molar-refractivity contribution is -0.138. The molecule has 2 aromatic carbocycles. The normalized spacial score (nSPS) is 15.0. The van der Waals surface area contributed by atoms with Crippen LogP contribution in [0.25, 0.3) is 0 Å². The molecule has 0 aromatic heterocycles. The molecular formula is C21H23ClN2O2. The van der Waals surface area contributed by atoms with E-state index in [1.54, 1.807) is 0 Å². The van der Waals surface area contributed by atoms with E-state index < -0.39 is 0 Å². The van der Waals surface area contributed by atoms with Crippen molar-refractivity contribution in [2.24, 2.45) is 0 Å². The number of halogens is 1. The average Bonchev–Trinajstić information content (AvgIpc) is 2.65. The number of ether oxygens (including phenoxy) is 1. The van der Waals surface area contributed by atoms with Crippen LogP contribution in [0.15, 0.2) is 65.9 Å². The van der Waals surface area contributed by atoms with Gasteiger partial charge in [-0.3, -0.25) is 4.90 Å². The number of hydrogen-bond acceptors (Lipinski definition) is 4. The van der Waals surface area contributed by atoms with Crippen LogP contribution in [0, 0.1) is 0 Å². The van der Waals surface area contributed by atoms with Crippen LogP contribution in [0.5, 0.6) is 0 Å². The van der Waals surface area contributed by atoms with Gasteiger partial charge in [0.25, 0.3) is 0 Å². The zero-order valence-electron chi connectivity index (χ0n) is 14.9. The smallest absolute Gasteiger partial charge is 0.335 e. The molecule has 1 N–H and O–H groups in total. The Bertz CT molecular complexity index is 772. The first-order chi connectivity index (χ1) is 12.7. The van der Waals surface area contributed by atoms with E-state index in [0.717, 1.165) is 30.0 Å². The number of esters is 1. The van der Waals surface area contributed by atoms with Gasteiger partial charge in [0.1, 0.15) is 0 Å². The highest BCUT2D eigenvalue weighted by molar-refractivity contribution is 6.30. The number of nitrogens with zero attached hydrogens (tertiary/aromatic N) is 1. The zero-order valence-corrected chi connectivity index (χ0v) is 15.6. The van der Waals surface area contributed by atoms with Gasteiger partial charge in [-0.25, -0.2) is 4.79 Å². The highest BCUT2D eigenvalue weighted by atomic mass is 35.5. The van der Waals surface area contributed by atoms with E-state index in [1.807, 2.05) is 49.4 Å². The van der Waals surface area contributed by atoms with Crippen LogP contribution < -0.4 is 5.32 Å². The molecule has 0 aliphatic carbocycles. The SMILES string of the molecule is CCOC(=O)C1=C(Nc2ccc(Cl)cc2)CN(Cc2ccccc2)CC1. The third kappa shape index (κ3) is 4.87. The number of benzene rings is 2. The Morgan fingerprint density at radius 1 is 1.15 bits per heavy atom. The largest absolute Gasteiger partial charge is 0.463 e. The zero-order chi connectivity index (χ0) is 18.4. The van der Waals surface area contributed by atoms with Crippen LogP contribution in [0.1, 0.15) is 18.9 Å². The molecule has 0 bridgehead atoms. The van der Waals surface area contributed by atoms with Gasteiger partial charge < -0.3 is 10.1 Å². The van der Waals surface area contributed by atoms with Crippen molar-refractivity contribution in [3.8, 4) is 0 Å². The first-order valence-corrected chi connectivity index (χ1v) is 9.21. The fourth-order valence-electron chi connectivity index (χ4n) is 3.06. The number of anilines is 1. The summed E-state index contributed by atoms with van der Waals surface area (Å²) < 4.78 is 5.25. The van der Waals surface area contributed by atoms with Crippen molar-refractivity contribution in [1.82, 2.24) is 4.90 Å². The van der Waals surface area contributed by atoms with Crippen molar-refractivity contribution in [2.45, 2.75) is 19.9 Å². The molecule has 5 heteroatoms. The van der Waals surface area contributed by atoms with Gasteiger partial charge in [-0.05, 0) is 43.2 Å². The number of hydrogen-bond donors (Lipinski definition) is 1. The molecule has 0 saturated carbocycles. The summed E-state index contributed by atoms with van der Waals surface area (Å²) in [5.41, 5.74) is 3.80. The first-order valence-electron chi connectivity index (χ1n) is 8.83. The summed E-state index contributed by atoms with van der Waals surface area (Å²) in [5.74, 6) is -0.233. The summed E-state index contributed by atoms with van der Waals surface area (Å²) in [4.78, 5) is 14.7. The maximum Gasteiger partial charge on any atom is 0.335 e. The molecule has 3 rings (SSSR count). The molecule has 0 amide bonds. The summed E-state index contributed by atoms with van der Waals surface area (Å²) in [6.45, 7) is 4.56. The molecule has 0 fully saturated rings. The molecule has 0 radical (unpaired) electrons. The molecule has 0 unspecified atom stereocenters. The van der Waals surface area contributed by atoms with Crippen molar-refractivity contribution in [3.63, 3.8) is 0 Å². The number of rotatable bonds is 6. The van der Waals surface area contributed by atoms with Crippen LogP contribution >= 0.6 is 11.6 Å². The molecule has 2 aromatic rings. The second-order valence-corrected chi connectivity index (χ2v) is 6.69. The Labute approximate surface area is 159 Å². The van der Waals surface area contributed by atoms with Gasteiger partial charge >= 0.3 is 5.97 Å². The van der Waals surface area contributed by atoms with Crippen LogP contribution in [0.4, 0.5) is 5.69 Å². The Morgan fingerprint density at radius 2 is 1.88 bits per heavy atom. The lowest BCUT2D eigenvalue weighted by atomic mass is 10.0. The molecule has 0 spiro atoms. The standard InChI is InChI=1S/C21H23ClN2O2/c1-2-26-21(25)19-12-13-24(14-16-6-4-3-5-7-16)15-20(19)23-18-10-8-17(22)9-11-18/h3-11,23H,2,12-15H2,1H3. The minimum Gasteiger partial charge on any atom is -0.463 e. The fourth-order valence-corrected chi connectivity index (χ4v) is 3.19. The van der Waals surface area contributed by atoms with Crippen molar-refractivity contribution < 1.29 is 9.53 Å². The van der Waals surface area contributed by atoms with E-state index in [0.29, 0.717) is 24.6 Å². The predicted molar refractivity (Wildman–Crippen MR) is 105 cm³/mol. The molecule has 0 saturated heterocycles. The first kappa shape index (κ1) is 18.5. The van der Waals surface area contributed by atoms with Crippen LogP contribution in [-0.2, 0) is 16.1 Å². The molecule has 0 atom stereocenters. The lowest BCUT2D eigenvalue weighted by Crippen LogP contribution is -2.35. The third-order valence-corrected chi connectivity index (χ3v) is 4.59. The highest BCUT2D eigenvalue weighted by Crippen LogP contribution is 2.24. The summed E-state index contributed by atoms with van der Waals surface area (Å²) in [6.07, 6.45) is 0.668. The highest BCUT2D eigenvalue weighted by Gasteiger charge is 2.24. The van der Waals surface area contributed by atoms with E-state index in [9.17, 15) is 4.79 Å². The Balaban J connectivity index is 1.79. The van der Waals surface area contributed by atoms with E-state index in [-0.39, 0.29) is 5.97 Å². The summed E-state index contributed by atoms with van der Waals surface area (Å²) in [6, 6.07) is 17.8. The van der Waals surface area contributed by atoms with Crippen molar-refractivity contribution in [1.29, 1.82) is 0 Å². The molecule has 1 aliphatic heterocycles. The van der Waals surface area contributed by atoms with E-state index in [2.05, 4.69) is 22.3 Å². The van der Waals surface area contributed by atoms with Crippen molar-refractivity contribution in [2.75, 3.05) is 25.0 Å². The third-order valence-electron chi connectivity index (χ3n) is 4.33. The molecule has 26 heavy (non-hydrogen) atoms. The average molecular weight is 371 g/mol. The number of carbonyl (C=O) groups excluding carboxylic acids is 1. The van der Waals surface area contributed by atoms with Gasteiger partial charge in [0.15, 0.2) is 0 Å². The van der Waals surface area contributed by atoms with Gasteiger partial charge in [-0.1, -0.05) is 41.9 Å². The van der Waals surface area contributed by atoms with Crippen molar-refractivity contribution >= 4 is 23.3 Å². The van der Waals surface area contributed by atoms with Crippen LogP contribution in [0.2, 0.25) is 5.02 Å². The van der Waals surface area contributed by atoms with E-state index in [1.165, 1.54) is 5.56 Å². The summed E-state index contributed by atoms with van der Waals surface area (Å²) in [7, 11) is 0. The van der Waals surface area contributed by atoms with E-state index >= 15 is 0 Å². The second-order valence-electron chi connectivity index (χ2n) is 6.26. The quantitative estimate of drug-likeness (QED) is 0.761. The molecule has 4 nitrogen and oxygen atoms in total. The van der Waals surface area contributed by atoms with Crippen molar-refractivity contribution in [3.05, 3.63) is 76.5 Å². The van der Waals surface area contributed by atoms with Crippen LogP contribution in [0.3, 0.4) is 0 Å². The van der Waals surface area contributed by atoms with Gasteiger partial charge in [-0.2, -0.15) is 0 Å². The maximum absolute atomic E-state index is 12.4. The minimum atomic E-state index is -0.233. The maximum atomic E-state index is 12.4. The van der Waals surface area contributed by atoms with Gasteiger partial charge in [0, 0.05) is 36.0 Å². The number of nitrogens with one attached hydrogen (secondary N) is 1. The van der Waals surface area contributed by atoms with Gasteiger partial charge in [0.05, 0.1) is 12.2 Å². The second kappa shape index (κ2) is 8.88. The monoisotopic (exact) mass is 370 g/mol. The summed E-state index contributed by atoms with van der Waals surface area (Å²) in [5, 5.41) is 4.08. The molecule has 1 heterocycles. The fraction of sp³-hybridized carbons (Fsp3) is 0.286. The predicted octanol–water partition coefficient (Wildman–Crippen LogP) is 4.48. The number of carbonyl (C=O) groups is 1. The Hall–Kier alpha value is -2.30. The minimum absolute atomic E-state index is 0.233. The molecular weight excluding hydrogens is 348 g/mol. The van der Waals surface area contributed by atoms with Crippen LogP contribution in [-0.4, -0.2) is 30.6 Å². The van der Waals surface area contributed by atoms with E-state index in [4.69, 9.17) is 16.3 Å². The molecule has 1 aliphatic rings. The topological polar surface area (TPSA) is 41.6 Å². The Kier molecular flexibility index (Phi) is 6.31. The molecule has 136 valence electrons. The Morgan fingerprint density at radius 3 is 2.58 bits per heavy atom. The van der Waals surface area contributed by atoms with Gasteiger partial charge in [-0.15, -0.1) is 0 Å². The lowest BCUT2D eigenvalue weighted by Gasteiger charge is -2.30. The summed E-state index contributed by atoms with van der Waals surface area (Å²) >= 11 is 5.97. The van der Waals surface area contributed by atoms with Gasteiger partial charge in [0.2, 0.25) is 0 Å².